The third-order valence-corrected chi connectivity index (χ3v) is 4.56. The Morgan fingerprint density at radius 2 is 1.74 bits per heavy atom. The Morgan fingerprint density at radius 1 is 0.963 bits per heavy atom. The number of para-hydroxylation sites is 1. The van der Waals surface area contributed by atoms with Crippen LogP contribution in [-0.4, -0.2) is 17.5 Å². The second-order valence-corrected chi connectivity index (χ2v) is 6.60. The molecule has 0 aliphatic rings. The first-order valence-electron chi connectivity index (χ1n) is 8.89. The predicted molar refractivity (Wildman–Crippen MR) is 109 cm³/mol. The number of anilines is 1. The van der Waals surface area contributed by atoms with E-state index in [0.29, 0.717) is 0 Å². The monoisotopic (exact) mass is 356 g/mol. The molecule has 1 amide bonds. The number of rotatable bonds is 4. The average molecular weight is 356 g/mol. The largest absolute Gasteiger partial charge is 0.483 e. The summed E-state index contributed by atoms with van der Waals surface area (Å²) >= 11 is 0. The third-order valence-electron chi connectivity index (χ3n) is 4.56. The summed E-state index contributed by atoms with van der Waals surface area (Å²) < 4.78 is 5.66. The molecule has 0 saturated carbocycles. The summed E-state index contributed by atoms with van der Waals surface area (Å²) in [7, 11) is 0. The number of fused-ring (bicyclic) bond motifs is 3. The number of benzene rings is 3. The molecule has 0 atom stereocenters. The molecule has 1 heterocycles. The van der Waals surface area contributed by atoms with Crippen LogP contribution in [0.4, 0.5) is 5.69 Å². The third kappa shape index (κ3) is 3.47. The minimum atomic E-state index is -0.196. The summed E-state index contributed by atoms with van der Waals surface area (Å²) in [6.07, 6.45) is 0. The van der Waals surface area contributed by atoms with E-state index in [4.69, 9.17) is 9.72 Å². The van der Waals surface area contributed by atoms with Gasteiger partial charge in [-0.2, -0.15) is 0 Å². The Kier molecular flexibility index (Phi) is 4.47. The van der Waals surface area contributed by atoms with Crippen LogP contribution in [-0.2, 0) is 4.79 Å². The lowest BCUT2D eigenvalue weighted by Crippen LogP contribution is -2.20. The molecule has 4 aromatic rings. The van der Waals surface area contributed by atoms with Crippen molar-refractivity contribution in [2.24, 2.45) is 0 Å². The van der Waals surface area contributed by atoms with Gasteiger partial charge in [0.1, 0.15) is 5.75 Å². The molecular weight excluding hydrogens is 336 g/mol. The molecule has 4 heteroatoms. The van der Waals surface area contributed by atoms with Crippen LogP contribution in [0, 0.1) is 13.8 Å². The van der Waals surface area contributed by atoms with Gasteiger partial charge in [0.05, 0.1) is 11.2 Å². The molecule has 134 valence electrons. The fourth-order valence-corrected chi connectivity index (χ4v) is 3.24. The fraction of sp³-hybridized carbons (Fsp3) is 0.130. The van der Waals surface area contributed by atoms with Crippen molar-refractivity contribution in [2.75, 3.05) is 11.9 Å². The molecule has 1 aromatic heterocycles. The summed E-state index contributed by atoms with van der Waals surface area (Å²) in [4.78, 5) is 17.2. The standard InChI is InChI=1S/C23H20N2O2/c1-15-7-3-6-10-21(15)27-14-22(26)25-20-13-16(2)24-23-18-9-5-4-8-17(18)11-12-19(20)23/h3-13H,14H2,1-2H3,(H,24,25,26). The first-order chi connectivity index (χ1) is 13.1. The molecule has 0 bridgehead atoms. The van der Waals surface area contributed by atoms with Gasteiger partial charge >= 0.3 is 0 Å². The van der Waals surface area contributed by atoms with Gasteiger partial charge in [0.2, 0.25) is 0 Å². The number of nitrogens with zero attached hydrogens (tertiary/aromatic N) is 1. The Hall–Kier alpha value is -3.40. The second kappa shape index (κ2) is 7.08. The van der Waals surface area contributed by atoms with E-state index in [0.717, 1.165) is 44.4 Å². The predicted octanol–water partition coefficient (Wildman–Crippen LogP) is 5.02. The maximum atomic E-state index is 12.5. The van der Waals surface area contributed by atoms with Gasteiger partial charge in [-0.15, -0.1) is 0 Å². The number of aromatic nitrogens is 1. The first-order valence-corrected chi connectivity index (χ1v) is 8.89. The van der Waals surface area contributed by atoms with E-state index in [-0.39, 0.29) is 12.5 Å². The van der Waals surface area contributed by atoms with Crippen LogP contribution in [0.25, 0.3) is 21.7 Å². The Morgan fingerprint density at radius 3 is 2.59 bits per heavy atom. The summed E-state index contributed by atoms with van der Waals surface area (Å²) in [5.74, 6) is 0.521. The van der Waals surface area contributed by atoms with Gasteiger partial charge in [0.15, 0.2) is 6.61 Å². The maximum Gasteiger partial charge on any atom is 0.262 e. The molecule has 4 rings (SSSR count). The molecule has 0 aliphatic carbocycles. The van der Waals surface area contributed by atoms with Crippen LogP contribution >= 0.6 is 0 Å². The van der Waals surface area contributed by atoms with Crippen LogP contribution in [0.5, 0.6) is 5.75 Å². The van der Waals surface area contributed by atoms with Crippen LogP contribution < -0.4 is 10.1 Å². The number of carbonyl (C=O) groups excluding carboxylic acids is 1. The fourth-order valence-electron chi connectivity index (χ4n) is 3.24. The second-order valence-electron chi connectivity index (χ2n) is 6.60. The molecule has 0 spiro atoms. The molecular formula is C23H20N2O2. The Balaban J connectivity index is 1.62. The molecule has 0 unspecified atom stereocenters. The SMILES string of the molecule is Cc1cc(NC(=O)COc2ccccc2C)c2ccc3ccccc3c2n1. The molecule has 0 aliphatic heterocycles. The average Bonchev–Trinajstić information content (AvgIpc) is 2.67. The zero-order valence-corrected chi connectivity index (χ0v) is 15.3. The van der Waals surface area contributed by atoms with E-state index >= 15 is 0 Å². The highest BCUT2D eigenvalue weighted by molar-refractivity contribution is 6.11. The molecule has 4 nitrogen and oxygen atoms in total. The van der Waals surface area contributed by atoms with Crippen molar-refractivity contribution in [3.05, 3.63) is 78.0 Å². The number of carbonyl (C=O) groups is 1. The van der Waals surface area contributed by atoms with Crippen molar-refractivity contribution < 1.29 is 9.53 Å². The quantitative estimate of drug-likeness (QED) is 0.522. The lowest BCUT2D eigenvalue weighted by molar-refractivity contribution is -0.118. The highest BCUT2D eigenvalue weighted by Gasteiger charge is 2.11. The van der Waals surface area contributed by atoms with Crippen molar-refractivity contribution in [1.82, 2.24) is 4.98 Å². The minimum absolute atomic E-state index is 0.0404. The summed E-state index contributed by atoms with van der Waals surface area (Å²) in [6, 6.07) is 21.7. The summed E-state index contributed by atoms with van der Waals surface area (Å²) in [6.45, 7) is 3.85. The van der Waals surface area contributed by atoms with Crippen molar-refractivity contribution in [2.45, 2.75) is 13.8 Å². The number of hydrogen-bond acceptors (Lipinski definition) is 3. The molecule has 0 saturated heterocycles. The first kappa shape index (κ1) is 17.0. The zero-order chi connectivity index (χ0) is 18.8. The van der Waals surface area contributed by atoms with Crippen molar-refractivity contribution in [3.63, 3.8) is 0 Å². The normalized spacial score (nSPS) is 10.9. The maximum absolute atomic E-state index is 12.5. The topological polar surface area (TPSA) is 51.2 Å². The van der Waals surface area contributed by atoms with Gasteiger partial charge in [-0.1, -0.05) is 54.6 Å². The number of ether oxygens (including phenoxy) is 1. The zero-order valence-electron chi connectivity index (χ0n) is 15.3. The van der Waals surface area contributed by atoms with Gasteiger partial charge in [-0.25, -0.2) is 0 Å². The summed E-state index contributed by atoms with van der Waals surface area (Å²) in [5.41, 5.74) is 3.50. The van der Waals surface area contributed by atoms with Gasteiger partial charge in [-0.3, -0.25) is 9.78 Å². The van der Waals surface area contributed by atoms with E-state index < -0.39 is 0 Å². The molecule has 1 N–H and O–H groups in total. The van der Waals surface area contributed by atoms with E-state index in [1.165, 1.54) is 0 Å². The number of pyridine rings is 1. The number of nitrogens with one attached hydrogen (secondary N) is 1. The van der Waals surface area contributed by atoms with Gasteiger partial charge < -0.3 is 10.1 Å². The van der Waals surface area contributed by atoms with Crippen molar-refractivity contribution in [3.8, 4) is 5.75 Å². The van der Waals surface area contributed by atoms with E-state index in [9.17, 15) is 4.79 Å². The van der Waals surface area contributed by atoms with Crippen LogP contribution in [0.3, 0.4) is 0 Å². The Bertz CT molecular complexity index is 1150. The molecule has 0 radical (unpaired) electrons. The van der Waals surface area contributed by atoms with E-state index in [2.05, 4.69) is 17.4 Å². The van der Waals surface area contributed by atoms with Crippen LogP contribution in [0.2, 0.25) is 0 Å². The molecule has 27 heavy (non-hydrogen) atoms. The number of hydrogen-bond donors (Lipinski definition) is 1. The van der Waals surface area contributed by atoms with Gasteiger partial charge in [0, 0.05) is 16.5 Å². The van der Waals surface area contributed by atoms with E-state index in [1.807, 2.05) is 68.4 Å². The van der Waals surface area contributed by atoms with E-state index in [1.54, 1.807) is 0 Å². The van der Waals surface area contributed by atoms with Gasteiger partial charge in [0.25, 0.3) is 5.91 Å². The van der Waals surface area contributed by atoms with Crippen molar-refractivity contribution in [1.29, 1.82) is 0 Å². The lowest BCUT2D eigenvalue weighted by Gasteiger charge is -2.13. The van der Waals surface area contributed by atoms with Crippen molar-refractivity contribution >= 4 is 33.3 Å². The smallest absolute Gasteiger partial charge is 0.262 e. The van der Waals surface area contributed by atoms with Crippen LogP contribution in [0.15, 0.2) is 66.7 Å². The Labute approximate surface area is 157 Å². The number of amides is 1. The number of aryl methyl sites for hydroxylation is 2. The molecule has 3 aromatic carbocycles. The minimum Gasteiger partial charge on any atom is -0.483 e. The lowest BCUT2D eigenvalue weighted by atomic mass is 10.0. The highest BCUT2D eigenvalue weighted by atomic mass is 16.5. The molecule has 0 fully saturated rings. The summed E-state index contributed by atoms with van der Waals surface area (Å²) in [5, 5.41) is 6.10. The van der Waals surface area contributed by atoms with Gasteiger partial charge in [-0.05, 0) is 36.9 Å². The highest BCUT2D eigenvalue weighted by Crippen LogP contribution is 2.29. The van der Waals surface area contributed by atoms with Crippen LogP contribution in [0.1, 0.15) is 11.3 Å².